The molecule has 0 fully saturated rings. The van der Waals surface area contributed by atoms with Crippen molar-refractivity contribution in [3.8, 4) is 0 Å². The summed E-state index contributed by atoms with van der Waals surface area (Å²) in [5.41, 5.74) is 0. The fourth-order valence-corrected chi connectivity index (χ4v) is 1.31. The van der Waals surface area contributed by atoms with Gasteiger partial charge in [-0.3, -0.25) is 0 Å². The Labute approximate surface area is 75.6 Å². The van der Waals surface area contributed by atoms with Crippen molar-refractivity contribution in [1.82, 2.24) is 0 Å². The van der Waals surface area contributed by atoms with Crippen LogP contribution in [0.5, 0.6) is 0 Å². The molecule has 12 heavy (non-hydrogen) atoms. The Morgan fingerprint density at radius 1 is 1.25 bits per heavy atom. The van der Waals surface area contributed by atoms with E-state index in [9.17, 15) is 5.11 Å². The Morgan fingerprint density at radius 2 is 1.92 bits per heavy atom. The van der Waals surface area contributed by atoms with Crippen molar-refractivity contribution in [3.05, 3.63) is 0 Å². The van der Waals surface area contributed by atoms with Gasteiger partial charge in [0.05, 0.1) is 6.10 Å². The predicted molar refractivity (Wildman–Crippen MR) is 51.0 cm³/mol. The van der Waals surface area contributed by atoms with Gasteiger partial charge in [0, 0.05) is 6.61 Å². The number of aliphatic hydroxyl groups is 2. The van der Waals surface area contributed by atoms with Gasteiger partial charge in [0.2, 0.25) is 0 Å². The van der Waals surface area contributed by atoms with Gasteiger partial charge in [-0.15, -0.1) is 0 Å². The molecule has 0 radical (unpaired) electrons. The zero-order chi connectivity index (χ0) is 9.40. The van der Waals surface area contributed by atoms with Crippen LogP contribution in [-0.4, -0.2) is 22.9 Å². The van der Waals surface area contributed by atoms with Gasteiger partial charge in [-0.1, -0.05) is 33.1 Å². The van der Waals surface area contributed by atoms with Gasteiger partial charge in [-0.25, -0.2) is 0 Å². The van der Waals surface area contributed by atoms with Crippen molar-refractivity contribution in [2.24, 2.45) is 5.92 Å². The molecule has 2 atom stereocenters. The second kappa shape index (κ2) is 7.56. The molecule has 0 saturated carbocycles. The van der Waals surface area contributed by atoms with Crippen molar-refractivity contribution in [2.45, 2.75) is 52.1 Å². The van der Waals surface area contributed by atoms with Crippen LogP contribution in [0.3, 0.4) is 0 Å². The van der Waals surface area contributed by atoms with Gasteiger partial charge in [0.1, 0.15) is 0 Å². The fraction of sp³-hybridized carbons (Fsp3) is 1.00. The number of aliphatic hydroxyl groups excluding tert-OH is 2. The first kappa shape index (κ1) is 11.9. The minimum atomic E-state index is -0.206. The quantitative estimate of drug-likeness (QED) is 0.619. The van der Waals surface area contributed by atoms with Crippen LogP contribution in [0.1, 0.15) is 46.0 Å². The largest absolute Gasteiger partial charge is 0.396 e. The van der Waals surface area contributed by atoms with Gasteiger partial charge in [0.15, 0.2) is 0 Å². The first-order valence-electron chi connectivity index (χ1n) is 5.03. The molecule has 2 heteroatoms. The molecule has 0 spiro atoms. The molecule has 0 bridgehead atoms. The van der Waals surface area contributed by atoms with Crippen molar-refractivity contribution in [1.29, 1.82) is 0 Å². The van der Waals surface area contributed by atoms with Crippen LogP contribution in [0.25, 0.3) is 0 Å². The summed E-state index contributed by atoms with van der Waals surface area (Å²) in [6, 6.07) is 0. The van der Waals surface area contributed by atoms with E-state index in [4.69, 9.17) is 5.11 Å². The molecule has 0 aliphatic carbocycles. The molecule has 0 amide bonds. The van der Waals surface area contributed by atoms with Gasteiger partial charge >= 0.3 is 0 Å². The van der Waals surface area contributed by atoms with Gasteiger partial charge in [-0.2, -0.15) is 0 Å². The van der Waals surface area contributed by atoms with E-state index >= 15 is 0 Å². The molecule has 0 aliphatic rings. The second-order valence-corrected chi connectivity index (χ2v) is 3.49. The van der Waals surface area contributed by atoms with Crippen LogP contribution in [0.4, 0.5) is 0 Å². The molecule has 0 aromatic heterocycles. The maximum atomic E-state index is 9.50. The number of unbranched alkanes of at least 4 members (excludes halogenated alkanes) is 1. The molecule has 0 aromatic carbocycles. The smallest absolute Gasteiger partial charge is 0.0543 e. The Morgan fingerprint density at radius 3 is 2.33 bits per heavy atom. The third kappa shape index (κ3) is 5.56. The average molecular weight is 174 g/mol. The molecule has 0 saturated heterocycles. The van der Waals surface area contributed by atoms with E-state index in [1.54, 1.807) is 0 Å². The lowest BCUT2D eigenvalue weighted by molar-refractivity contribution is 0.105. The summed E-state index contributed by atoms with van der Waals surface area (Å²) in [4.78, 5) is 0. The summed E-state index contributed by atoms with van der Waals surface area (Å²) in [6.07, 6.45) is 4.61. The molecule has 2 N–H and O–H groups in total. The molecule has 2 nitrogen and oxygen atoms in total. The summed E-state index contributed by atoms with van der Waals surface area (Å²) in [5.74, 6) is 0.289. The SMILES string of the molecule is CCCCC(O)CC(CC)CO. The van der Waals surface area contributed by atoms with Crippen molar-refractivity contribution >= 4 is 0 Å². The minimum absolute atomic E-state index is 0.206. The lowest BCUT2D eigenvalue weighted by Gasteiger charge is -2.16. The van der Waals surface area contributed by atoms with Crippen LogP contribution in [-0.2, 0) is 0 Å². The zero-order valence-corrected chi connectivity index (χ0v) is 8.29. The molecule has 0 aromatic rings. The standard InChI is InChI=1S/C10H22O2/c1-3-5-6-10(12)7-9(4-2)8-11/h9-12H,3-8H2,1-2H3. The minimum Gasteiger partial charge on any atom is -0.396 e. The van der Waals surface area contributed by atoms with Crippen molar-refractivity contribution in [2.75, 3.05) is 6.61 Å². The zero-order valence-electron chi connectivity index (χ0n) is 8.29. The normalized spacial score (nSPS) is 16.0. The number of hydrogen-bond donors (Lipinski definition) is 2. The fourth-order valence-electron chi connectivity index (χ4n) is 1.31. The van der Waals surface area contributed by atoms with Crippen LogP contribution in [0.15, 0.2) is 0 Å². The Hall–Kier alpha value is -0.0800. The van der Waals surface area contributed by atoms with Crippen molar-refractivity contribution < 1.29 is 10.2 Å². The summed E-state index contributed by atoms with van der Waals surface area (Å²) in [7, 11) is 0. The molecule has 0 rings (SSSR count). The Kier molecular flexibility index (Phi) is 7.51. The van der Waals surface area contributed by atoms with Gasteiger partial charge in [-0.05, 0) is 18.8 Å². The molecule has 2 unspecified atom stereocenters. The maximum absolute atomic E-state index is 9.50. The summed E-state index contributed by atoms with van der Waals surface area (Å²) in [6.45, 7) is 4.38. The highest BCUT2D eigenvalue weighted by Gasteiger charge is 2.11. The molecule has 0 aliphatic heterocycles. The number of rotatable bonds is 7. The maximum Gasteiger partial charge on any atom is 0.0543 e. The lowest BCUT2D eigenvalue weighted by Crippen LogP contribution is -2.15. The van der Waals surface area contributed by atoms with E-state index in [2.05, 4.69) is 6.92 Å². The highest BCUT2D eigenvalue weighted by molar-refractivity contribution is 4.63. The Balaban J connectivity index is 3.44. The van der Waals surface area contributed by atoms with Crippen molar-refractivity contribution in [3.63, 3.8) is 0 Å². The molecular formula is C10H22O2. The van der Waals surface area contributed by atoms with E-state index in [0.29, 0.717) is 0 Å². The predicted octanol–water partition coefficient (Wildman–Crippen LogP) is 1.95. The van der Waals surface area contributed by atoms with E-state index in [1.807, 2.05) is 6.92 Å². The topological polar surface area (TPSA) is 40.5 Å². The highest BCUT2D eigenvalue weighted by atomic mass is 16.3. The van der Waals surface area contributed by atoms with Gasteiger partial charge < -0.3 is 10.2 Å². The molecule has 0 heterocycles. The first-order valence-corrected chi connectivity index (χ1v) is 5.03. The monoisotopic (exact) mass is 174 g/mol. The van der Waals surface area contributed by atoms with Crippen LogP contribution in [0, 0.1) is 5.92 Å². The Bertz CT molecular complexity index is 89.8. The summed E-state index contributed by atoms with van der Waals surface area (Å²) < 4.78 is 0. The van der Waals surface area contributed by atoms with E-state index in [1.165, 1.54) is 0 Å². The van der Waals surface area contributed by atoms with E-state index in [-0.39, 0.29) is 18.6 Å². The molecule has 74 valence electrons. The van der Waals surface area contributed by atoms with Crippen LogP contribution in [0.2, 0.25) is 0 Å². The third-order valence-corrected chi connectivity index (χ3v) is 2.33. The van der Waals surface area contributed by atoms with Gasteiger partial charge in [0.25, 0.3) is 0 Å². The highest BCUT2D eigenvalue weighted by Crippen LogP contribution is 2.13. The summed E-state index contributed by atoms with van der Waals surface area (Å²) >= 11 is 0. The number of hydrogen-bond acceptors (Lipinski definition) is 2. The average Bonchev–Trinajstić information content (AvgIpc) is 2.10. The van der Waals surface area contributed by atoms with E-state index < -0.39 is 0 Å². The van der Waals surface area contributed by atoms with Crippen LogP contribution < -0.4 is 0 Å². The third-order valence-electron chi connectivity index (χ3n) is 2.33. The lowest BCUT2D eigenvalue weighted by atomic mass is 9.97. The van der Waals surface area contributed by atoms with E-state index in [0.717, 1.165) is 32.1 Å². The first-order chi connectivity index (χ1) is 5.74. The summed E-state index contributed by atoms with van der Waals surface area (Å²) in [5, 5.41) is 18.4. The molecular weight excluding hydrogens is 152 g/mol. The van der Waals surface area contributed by atoms with Crippen LogP contribution >= 0.6 is 0 Å². The second-order valence-electron chi connectivity index (χ2n) is 3.49.